The van der Waals surface area contributed by atoms with Crippen molar-refractivity contribution in [2.24, 2.45) is 5.92 Å². The van der Waals surface area contributed by atoms with Gasteiger partial charge in [0.25, 0.3) is 0 Å². The Morgan fingerprint density at radius 1 is 1.62 bits per heavy atom. The van der Waals surface area contributed by atoms with Crippen molar-refractivity contribution >= 4 is 11.8 Å². The summed E-state index contributed by atoms with van der Waals surface area (Å²) in [6.07, 6.45) is 0. The van der Waals surface area contributed by atoms with Crippen LogP contribution in [-0.4, -0.2) is 42.9 Å². The van der Waals surface area contributed by atoms with Gasteiger partial charge in [-0.15, -0.1) is 0 Å². The van der Waals surface area contributed by atoms with Gasteiger partial charge in [-0.25, -0.2) is 0 Å². The smallest absolute Gasteiger partial charge is 0.317 e. The summed E-state index contributed by atoms with van der Waals surface area (Å²) < 4.78 is 4.55. The number of nitrogens with zero attached hydrogens (tertiary/aromatic N) is 1. The number of hydrogen-bond acceptors (Lipinski definition) is 4. The number of carbonyl (C=O) groups is 2. The van der Waals surface area contributed by atoms with Crippen LogP contribution in [0.15, 0.2) is 0 Å². The summed E-state index contributed by atoms with van der Waals surface area (Å²) in [6, 6.07) is 0.304. The molecule has 13 heavy (non-hydrogen) atoms. The van der Waals surface area contributed by atoms with Crippen LogP contribution in [0.1, 0.15) is 13.8 Å². The normalized spacial score (nSPS) is 24.0. The topological polar surface area (TPSA) is 46.6 Å². The molecule has 1 atom stereocenters. The molecule has 0 aromatic carbocycles. The second kappa shape index (κ2) is 3.87. The molecule has 1 fully saturated rings. The number of likely N-dealkylation sites (tertiary alicyclic amines) is 1. The van der Waals surface area contributed by atoms with E-state index in [0.29, 0.717) is 19.1 Å². The minimum Gasteiger partial charge on any atom is -0.468 e. The third-order valence-corrected chi connectivity index (χ3v) is 2.38. The Hall–Kier alpha value is -0.900. The molecule has 0 bridgehead atoms. The SMILES string of the molecule is COC(=O)C1CN(C(C)C)CC1=O. The molecule has 0 aliphatic carbocycles. The lowest BCUT2D eigenvalue weighted by Crippen LogP contribution is -2.29. The van der Waals surface area contributed by atoms with Gasteiger partial charge in [0.15, 0.2) is 5.78 Å². The number of ether oxygens (including phenoxy) is 1. The van der Waals surface area contributed by atoms with Gasteiger partial charge < -0.3 is 4.74 Å². The molecule has 0 aromatic rings. The van der Waals surface area contributed by atoms with Crippen molar-refractivity contribution in [3.8, 4) is 0 Å². The molecule has 0 N–H and O–H groups in total. The number of Topliss-reactive ketones (excluding diaryl/α,β-unsaturated/α-hetero) is 1. The predicted octanol–water partition coefficient (Wildman–Crippen LogP) is 0.0687. The molecule has 4 heteroatoms. The third-order valence-electron chi connectivity index (χ3n) is 2.38. The Bertz CT molecular complexity index is 225. The largest absolute Gasteiger partial charge is 0.468 e. The van der Waals surface area contributed by atoms with E-state index in [1.54, 1.807) is 0 Å². The average molecular weight is 185 g/mol. The third kappa shape index (κ3) is 2.06. The fourth-order valence-corrected chi connectivity index (χ4v) is 1.45. The van der Waals surface area contributed by atoms with Crippen molar-refractivity contribution in [1.29, 1.82) is 0 Å². The highest BCUT2D eigenvalue weighted by atomic mass is 16.5. The summed E-state index contributed by atoms with van der Waals surface area (Å²) >= 11 is 0. The van der Waals surface area contributed by atoms with Crippen LogP contribution in [0.3, 0.4) is 0 Å². The van der Waals surface area contributed by atoms with E-state index in [-0.39, 0.29) is 5.78 Å². The molecular weight excluding hydrogens is 170 g/mol. The maximum absolute atomic E-state index is 11.3. The van der Waals surface area contributed by atoms with Crippen LogP contribution >= 0.6 is 0 Å². The van der Waals surface area contributed by atoms with E-state index in [1.165, 1.54) is 7.11 Å². The van der Waals surface area contributed by atoms with Gasteiger partial charge in [0, 0.05) is 12.6 Å². The van der Waals surface area contributed by atoms with E-state index < -0.39 is 11.9 Å². The van der Waals surface area contributed by atoms with E-state index in [4.69, 9.17) is 0 Å². The predicted molar refractivity (Wildman–Crippen MR) is 47.2 cm³/mol. The Kier molecular flexibility index (Phi) is 3.03. The highest BCUT2D eigenvalue weighted by molar-refractivity contribution is 6.01. The Morgan fingerprint density at radius 3 is 2.62 bits per heavy atom. The zero-order valence-electron chi connectivity index (χ0n) is 8.24. The lowest BCUT2D eigenvalue weighted by atomic mass is 10.1. The van der Waals surface area contributed by atoms with Crippen molar-refractivity contribution in [3.05, 3.63) is 0 Å². The zero-order chi connectivity index (χ0) is 10.0. The molecule has 0 spiro atoms. The van der Waals surface area contributed by atoms with E-state index in [1.807, 2.05) is 18.7 Å². The first-order valence-electron chi connectivity index (χ1n) is 4.41. The Morgan fingerprint density at radius 2 is 2.23 bits per heavy atom. The first-order chi connectivity index (χ1) is 6.06. The van der Waals surface area contributed by atoms with Crippen LogP contribution in [0.5, 0.6) is 0 Å². The molecule has 1 aliphatic rings. The molecule has 1 unspecified atom stereocenters. The molecule has 0 radical (unpaired) electrons. The summed E-state index contributed by atoms with van der Waals surface area (Å²) in [7, 11) is 1.31. The highest BCUT2D eigenvalue weighted by Gasteiger charge is 2.37. The minimum atomic E-state index is -0.563. The van der Waals surface area contributed by atoms with Gasteiger partial charge in [-0.3, -0.25) is 14.5 Å². The quantitative estimate of drug-likeness (QED) is 0.451. The molecule has 0 saturated carbocycles. The molecule has 0 amide bonds. The maximum Gasteiger partial charge on any atom is 0.317 e. The molecule has 4 nitrogen and oxygen atoms in total. The number of carbonyl (C=O) groups excluding carboxylic acids is 2. The summed E-state index contributed by atoms with van der Waals surface area (Å²) in [4.78, 5) is 24.4. The van der Waals surface area contributed by atoms with Crippen molar-refractivity contribution < 1.29 is 14.3 Å². The van der Waals surface area contributed by atoms with Gasteiger partial charge in [0.05, 0.1) is 13.7 Å². The molecule has 1 aliphatic heterocycles. The lowest BCUT2D eigenvalue weighted by Gasteiger charge is -2.18. The van der Waals surface area contributed by atoms with Crippen LogP contribution < -0.4 is 0 Å². The van der Waals surface area contributed by atoms with Crippen molar-refractivity contribution in [2.75, 3.05) is 20.2 Å². The van der Waals surface area contributed by atoms with Gasteiger partial charge in [0.1, 0.15) is 5.92 Å². The fourth-order valence-electron chi connectivity index (χ4n) is 1.45. The van der Waals surface area contributed by atoms with Gasteiger partial charge in [0.2, 0.25) is 0 Å². The molecule has 1 saturated heterocycles. The summed E-state index contributed by atoms with van der Waals surface area (Å²) in [5, 5.41) is 0. The number of hydrogen-bond donors (Lipinski definition) is 0. The first kappa shape index (κ1) is 10.2. The lowest BCUT2D eigenvalue weighted by molar-refractivity contribution is -0.147. The zero-order valence-corrected chi connectivity index (χ0v) is 8.24. The van der Waals surface area contributed by atoms with Crippen LogP contribution in [0.4, 0.5) is 0 Å². The molecule has 1 heterocycles. The number of esters is 1. The van der Waals surface area contributed by atoms with Crippen molar-refractivity contribution in [2.45, 2.75) is 19.9 Å². The van der Waals surface area contributed by atoms with Gasteiger partial charge in [-0.2, -0.15) is 0 Å². The summed E-state index contributed by atoms with van der Waals surface area (Å²) in [5.74, 6) is -0.999. The summed E-state index contributed by atoms with van der Waals surface area (Å²) in [6.45, 7) is 4.89. The van der Waals surface area contributed by atoms with Gasteiger partial charge in [-0.05, 0) is 13.8 Å². The van der Waals surface area contributed by atoms with Crippen LogP contribution in [0.25, 0.3) is 0 Å². The highest BCUT2D eigenvalue weighted by Crippen LogP contribution is 2.16. The van der Waals surface area contributed by atoms with Gasteiger partial charge >= 0.3 is 5.97 Å². The minimum absolute atomic E-state index is 0.0273. The molecular formula is C9H15NO3. The summed E-state index contributed by atoms with van der Waals surface area (Å²) in [5.41, 5.74) is 0. The van der Waals surface area contributed by atoms with E-state index in [9.17, 15) is 9.59 Å². The van der Waals surface area contributed by atoms with Crippen molar-refractivity contribution in [3.63, 3.8) is 0 Å². The second-order valence-electron chi connectivity index (χ2n) is 3.57. The number of methoxy groups -OCH3 is 1. The van der Waals surface area contributed by atoms with Crippen molar-refractivity contribution in [1.82, 2.24) is 4.90 Å². The standard InChI is InChI=1S/C9H15NO3/c1-6(2)10-4-7(8(11)5-10)9(12)13-3/h6-7H,4-5H2,1-3H3. The number of ketones is 1. The van der Waals surface area contributed by atoms with Gasteiger partial charge in [-0.1, -0.05) is 0 Å². The van der Waals surface area contributed by atoms with Crippen LogP contribution in [0.2, 0.25) is 0 Å². The Labute approximate surface area is 77.8 Å². The second-order valence-corrected chi connectivity index (χ2v) is 3.57. The average Bonchev–Trinajstić information content (AvgIpc) is 2.46. The first-order valence-corrected chi connectivity index (χ1v) is 4.41. The Balaban J connectivity index is 2.61. The van der Waals surface area contributed by atoms with Crippen LogP contribution in [-0.2, 0) is 14.3 Å². The van der Waals surface area contributed by atoms with E-state index in [2.05, 4.69) is 4.74 Å². The maximum atomic E-state index is 11.3. The molecule has 1 rings (SSSR count). The number of rotatable bonds is 2. The van der Waals surface area contributed by atoms with Crippen LogP contribution in [0, 0.1) is 5.92 Å². The van der Waals surface area contributed by atoms with E-state index in [0.717, 1.165) is 0 Å². The molecule has 0 aromatic heterocycles. The van der Waals surface area contributed by atoms with E-state index >= 15 is 0 Å². The fraction of sp³-hybridized carbons (Fsp3) is 0.778. The molecule has 74 valence electrons. The monoisotopic (exact) mass is 185 g/mol.